The fourth-order valence-electron chi connectivity index (χ4n) is 3.12. The highest BCUT2D eigenvalue weighted by atomic mass is 35.5. The second-order valence-corrected chi connectivity index (χ2v) is 9.10. The maximum absolute atomic E-state index is 12.7. The highest BCUT2D eigenvalue weighted by molar-refractivity contribution is 7.90. The van der Waals surface area contributed by atoms with Crippen molar-refractivity contribution in [2.45, 2.75) is 29.6 Å². The molecule has 0 radical (unpaired) electrons. The summed E-state index contributed by atoms with van der Waals surface area (Å²) in [7, 11) is -3.43. The maximum atomic E-state index is 12.7. The van der Waals surface area contributed by atoms with E-state index in [-0.39, 0.29) is 16.4 Å². The highest BCUT2D eigenvalue weighted by Gasteiger charge is 2.45. The van der Waals surface area contributed by atoms with Gasteiger partial charge in [0.05, 0.1) is 10.3 Å². The highest BCUT2D eigenvalue weighted by Crippen LogP contribution is 2.44. The smallest absolute Gasteiger partial charge is 0.269 e. The number of sulfone groups is 1. The predicted octanol–water partition coefficient (Wildman–Crippen LogP) is 2.63. The van der Waals surface area contributed by atoms with Crippen molar-refractivity contribution in [1.82, 2.24) is 10.9 Å². The normalized spacial score (nSPS) is 15.5. The van der Waals surface area contributed by atoms with Gasteiger partial charge in [-0.25, -0.2) is 8.42 Å². The molecule has 0 bridgehead atoms. The van der Waals surface area contributed by atoms with Crippen LogP contribution in [-0.4, -0.2) is 26.5 Å². The third-order valence-electron chi connectivity index (χ3n) is 4.85. The van der Waals surface area contributed by atoms with Crippen LogP contribution in [0.15, 0.2) is 53.4 Å². The van der Waals surface area contributed by atoms with E-state index in [1.165, 1.54) is 24.3 Å². The number of hydrogen-bond acceptors (Lipinski definition) is 4. The Morgan fingerprint density at radius 2 is 1.70 bits per heavy atom. The van der Waals surface area contributed by atoms with Crippen molar-refractivity contribution in [3.63, 3.8) is 0 Å². The Labute approximate surface area is 162 Å². The third kappa shape index (κ3) is 3.99. The average Bonchev–Trinajstić information content (AvgIpc) is 2.59. The molecule has 0 atom stereocenters. The lowest BCUT2D eigenvalue weighted by Crippen LogP contribution is -2.54. The first-order chi connectivity index (χ1) is 12.7. The summed E-state index contributed by atoms with van der Waals surface area (Å²) in [6.45, 7) is 0. The lowest BCUT2D eigenvalue weighted by atomic mass is 9.64. The van der Waals surface area contributed by atoms with Crippen molar-refractivity contribution < 1.29 is 18.0 Å². The van der Waals surface area contributed by atoms with E-state index in [4.69, 9.17) is 11.6 Å². The zero-order valence-electron chi connectivity index (χ0n) is 14.7. The van der Waals surface area contributed by atoms with Crippen LogP contribution in [0.25, 0.3) is 0 Å². The first kappa shape index (κ1) is 19.4. The molecule has 2 aromatic carbocycles. The molecule has 3 rings (SSSR count). The minimum absolute atomic E-state index is 0.0399. The van der Waals surface area contributed by atoms with Gasteiger partial charge in [0.2, 0.25) is 5.91 Å². The maximum Gasteiger partial charge on any atom is 0.269 e. The van der Waals surface area contributed by atoms with Crippen LogP contribution in [-0.2, 0) is 20.0 Å². The van der Waals surface area contributed by atoms with Gasteiger partial charge in [-0.05, 0) is 48.7 Å². The molecule has 27 heavy (non-hydrogen) atoms. The Balaban J connectivity index is 1.71. The Kier molecular flexibility index (Phi) is 5.26. The van der Waals surface area contributed by atoms with E-state index in [1.807, 2.05) is 12.1 Å². The lowest BCUT2D eigenvalue weighted by Gasteiger charge is -2.40. The van der Waals surface area contributed by atoms with Crippen molar-refractivity contribution in [3.05, 3.63) is 64.7 Å². The molecular formula is C19H19ClN2O4S. The molecule has 0 heterocycles. The van der Waals surface area contributed by atoms with Gasteiger partial charge in [-0.3, -0.25) is 20.4 Å². The molecule has 8 heteroatoms. The summed E-state index contributed by atoms with van der Waals surface area (Å²) in [6.07, 6.45) is 3.35. The van der Waals surface area contributed by atoms with E-state index in [1.54, 1.807) is 12.1 Å². The van der Waals surface area contributed by atoms with E-state index < -0.39 is 21.2 Å². The topological polar surface area (TPSA) is 92.3 Å². The van der Waals surface area contributed by atoms with E-state index >= 15 is 0 Å². The van der Waals surface area contributed by atoms with E-state index in [2.05, 4.69) is 10.9 Å². The molecule has 0 unspecified atom stereocenters. The van der Waals surface area contributed by atoms with Crippen LogP contribution in [0.1, 0.15) is 35.2 Å². The number of hydrazine groups is 1. The number of hydrogen-bond donors (Lipinski definition) is 2. The molecule has 2 amide bonds. The molecule has 2 N–H and O–H groups in total. The molecule has 1 saturated carbocycles. The monoisotopic (exact) mass is 406 g/mol. The molecular weight excluding hydrogens is 388 g/mol. The molecule has 142 valence electrons. The van der Waals surface area contributed by atoms with E-state index in [0.29, 0.717) is 17.9 Å². The number of carbonyl (C=O) groups is 2. The minimum atomic E-state index is -3.43. The van der Waals surface area contributed by atoms with Gasteiger partial charge in [0.15, 0.2) is 9.84 Å². The van der Waals surface area contributed by atoms with Gasteiger partial charge in [0.1, 0.15) is 0 Å². The van der Waals surface area contributed by atoms with Gasteiger partial charge >= 0.3 is 0 Å². The lowest BCUT2D eigenvalue weighted by molar-refractivity contribution is -0.130. The quantitative estimate of drug-likeness (QED) is 0.763. The van der Waals surface area contributed by atoms with Crippen molar-refractivity contribution in [2.24, 2.45) is 0 Å². The fraction of sp³-hybridized carbons (Fsp3) is 0.263. The molecule has 2 aromatic rings. The molecule has 0 saturated heterocycles. The Hall–Kier alpha value is -2.38. The Bertz CT molecular complexity index is 983. The zero-order chi connectivity index (χ0) is 19.7. The van der Waals surface area contributed by atoms with Gasteiger partial charge in [-0.2, -0.15) is 0 Å². The molecule has 0 aromatic heterocycles. The van der Waals surface area contributed by atoms with Gasteiger partial charge in [0, 0.05) is 16.8 Å². The molecule has 0 spiro atoms. The van der Waals surface area contributed by atoms with Gasteiger partial charge < -0.3 is 0 Å². The molecule has 0 aliphatic heterocycles. The minimum Gasteiger partial charge on any atom is -0.272 e. The number of rotatable bonds is 4. The summed E-state index contributed by atoms with van der Waals surface area (Å²) >= 11 is 5.92. The largest absolute Gasteiger partial charge is 0.272 e. The van der Waals surface area contributed by atoms with Gasteiger partial charge in [0.25, 0.3) is 5.91 Å². The van der Waals surface area contributed by atoms with Crippen molar-refractivity contribution in [2.75, 3.05) is 6.26 Å². The number of nitrogens with one attached hydrogen (secondary N) is 2. The number of benzene rings is 2. The predicted molar refractivity (Wildman–Crippen MR) is 102 cm³/mol. The zero-order valence-corrected chi connectivity index (χ0v) is 16.2. The summed E-state index contributed by atoms with van der Waals surface area (Å²) in [4.78, 5) is 25.1. The average molecular weight is 407 g/mol. The van der Waals surface area contributed by atoms with Crippen LogP contribution in [0, 0.1) is 0 Å². The Morgan fingerprint density at radius 1 is 1.04 bits per heavy atom. The molecule has 1 aliphatic rings. The van der Waals surface area contributed by atoms with Crippen molar-refractivity contribution >= 4 is 33.3 Å². The third-order valence-corrected chi connectivity index (χ3v) is 6.21. The summed E-state index contributed by atoms with van der Waals surface area (Å²) in [6, 6.07) is 12.8. The number of carbonyl (C=O) groups excluding carboxylic acids is 2. The van der Waals surface area contributed by atoms with Crippen LogP contribution in [0.3, 0.4) is 0 Å². The number of amides is 2. The number of halogens is 1. The van der Waals surface area contributed by atoms with Crippen molar-refractivity contribution in [3.8, 4) is 0 Å². The van der Waals surface area contributed by atoms with Gasteiger partial charge in [-0.15, -0.1) is 0 Å². The Morgan fingerprint density at radius 3 is 2.26 bits per heavy atom. The van der Waals surface area contributed by atoms with E-state index in [9.17, 15) is 18.0 Å². The summed E-state index contributed by atoms with van der Waals surface area (Å²) in [5.74, 6) is -0.886. The summed E-state index contributed by atoms with van der Waals surface area (Å²) in [5.41, 5.74) is 5.16. The standard InChI is InChI=1S/C19H19ClN2O4S/c1-27(25,26)16-5-2-4-13(12-16)17(23)21-22-18(24)19(10-3-11-19)14-6-8-15(20)9-7-14/h2,4-9,12H,3,10-11H2,1H3,(H,21,23)(H,22,24). The van der Waals surface area contributed by atoms with Crippen LogP contribution in [0.5, 0.6) is 0 Å². The van der Waals surface area contributed by atoms with Gasteiger partial charge in [-0.1, -0.05) is 36.2 Å². The first-order valence-corrected chi connectivity index (χ1v) is 10.7. The molecule has 1 aliphatic carbocycles. The van der Waals surface area contributed by atoms with Crippen LogP contribution >= 0.6 is 11.6 Å². The second-order valence-electron chi connectivity index (χ2n) is 6.65. The molecule has 1 fully saturated rings. The fourth-order valence-corrected chi connectivity index (χ4v) is 3.91. The van der Waals surface area contributed by atoms with Crippen LogP contribution < -0.4 is 10.9 Å². The van der Waals surface area contributed by atoms with Crippen LogP contribution in [0.2, 0.25) is 5.02 Å². The molecule has 6 nitrogen and oxygen atoms in total. The summed E-state index contributed by atoms with van der Waals surface area (Å²) in [5, 5.41) is 0.590. The first-order valence-electron chi connectivity index (χ1n) is 8.39. The second kappa shape index (κ2) is 7.32. The van der Waals surface area contributed by atoms with E-state index in [0.717, 1.165) is 18.2 Å². The van der Waals surface area contributed by atoms with Crippen molar-refractivity contribution in [1.29, 1.82) is 0 Å². The summed E-state index contributed by atoms with van der Waals surface area (Å²) < 4.78 is 23.2. The SMILES string of the molecule is CS(=O)(=O)c1cccc(C(=O)NNC(=O)C2(c3ccc(Cl)cc3)CCC2)c1. The van der Waals surface area contributed by atoms with Crippen LogP contribution in [0.4, 0.5) is 0 Å².